The summed E-state index contributed by atoms with van der Waals surface area (Å²) in [7, 11) is -3.36. The van der Waals surface area contributed by atoms with E-state index in [2.05, 4.69) is 4.98 Å². The van der Waals surface area contributed by atoms with Gasteiger partial charge in [0.25, 0.3) is 0 Å². The molecule has 0 bridgehead atoms. The third-order valence-electron chi connectivity index (χ3n) is 5.19. The molecule has 8 heteroatoms. The van der Waals surface area contributed by atoms with E-state index in [4.69, 9.17) is 11.6 Å². The van der Waals surface area contributed by atoms with E-state index in [9.17, 15) is 13.2 Å². The highest BCUT2D eigenvalue weighted by atomic mass is 35.5. The third kappa shape index (κ3) is 2.84. The van der Waals surface area contributed by atoms with Crippen LogP contribution in [0.4, 0.5) is 0 Å². The van der Waals surface area contributed by atoms with Gasteiger partial charge in [0.05, 0.1) is 16.8 Å². The van der Waals surface area contributed by atoms with Crippen LogP contribution in [-0.2, 0) is 27.8 Å². The average molecular weight is 382 g/mol. The standard InChI is InChI=1S/C17H20ClN3O3S/c1-25(23,24)21-8-3-6-15(21)17(22)20-9-7-14-12(10-20)11-4-2-5-13(18)16(11)19-14/h2,4-5,15,19H,3,6-10H2,1H3. The molecule has 1 amide bonds. The number of fused-ring (bicyclic) bond motifs is 3. The molecular formula is C17H20ClN3O3S. The average Bonchev–Trinajstić information content (AvgIpc) is 3.19. The Hall–Kier alpha value is -1.57. The van der Waals surface area contributed by atoms with Crippen molar-refractivity contribution in [2.75, 3.05) is 19.3 Å². The molecule has 2 aliphatic heterocycles. The van der Waals surface area contributed by atoms with Crippen LogP contribution in [0.15, 0.2) is 18.2 Å². The highest BCUT2D eigenvalue weighted by Crippen LogP contribution is 2.32. The predicted molar refractivity (Wildman–Crippen MR) is 97.0 cm³/mol. The lowest BCUT2D eigenvalue weighted by atomic mass is 10.0. The Morgan fingerprint density at radius 1 is 1.32 bits per heavy atom. The maximum atomic E-state index is 13.0. The van der Waals surface area contributed by atoms with Gasteiger partial charge >= 0.3 is 0 Å². The molecule has 1 aromatic heterocycles. The number of aromatic amines is 1. The van der Waals surface area contributed by atoms with Crippen molar-refractivity contribution in [3.63, 3.8) is 0 Å². The van der Waals surface area contributed by atoms with Crippen LogP contribution in [0.1, 0.15) is 24.1 Å². The summed E-state index contributed by atoms with van der Waals surface area (Å²) in [5.74, 6) is -0.0926. The van der Waals surface area contributed by atoms with Crippen LogP contribution < -0.4 is 0 Å². The van der Waals surface area contributed by atoms with E-state index in [0.717, 1.165) is 35.0 Å². The number of para-hydroxylation sites is 1. The quantitative estimate of drug-likeness (QED) is 0.866. The van der Waals surface area contributed by atoms with Crippen molar-refractivity contribution in [1.82, 2.24) is 14.2 Å². The first-order valence-corrected chi connectivity index (χ1v) is 10.6. The Labute approximate surface area is 151 Å². The van der Waals surface area contributed by atoms with E-state index in [1.165, 1.54) is 10.6 Å². The SMILES string of the molecule is CS(=O)(=O)N1CCCC1C(=O)N1CCc2[nH]c3c(Cl)cccc3c2C1. The van der Waals surface area contributed by atoms with Gasteiger partial charge in [-0.15, -0.1) is 0 Å². The zero-order chi connectivity index (χ0) is 17.8. The minimum Gasteiger partial charge on any atom is -0.357 e. The van der Waals surface area contributed by atoms with Crippen molar-refractivity contribution in [2.24, 2.45) is 0 Å². The molecule has 0 spiro atoms. The fourth-order valence-corrected chi connectivity index (χ4v) is 5.33. The first kappa shape index (κ1) is 16.9. The molecule has 2 aromatic rings. The number of hydrogen-bond acceptors (Lipinski definition) is 3. The molecule has 1 N–H and O–H groups in total. The molecule has 3 heterocycles. The molecule has 1 saturated heterocycles. The van der Waals surface area contributed by atoms with Crippen molar-refractivity contribution in [3.05, 3.63) is 34.5 Å². The van der Waals surface area contributed by atoms with Gasteiger partial charge in [0.15, 0.2) is 0 Å². The predicted octanol–water partition coefficient (Wildman–Crippen LogP) is 2.13. The Morgan fingerprint density at radius 3 is 2.88 bits per heavy atom. The lowest BCUT2D eigenvalue weighted by molar-refractivity contribution is -0.135. The molecule has 2 aliphatic rings. The number of rotatable bonds is 2. The normalized spacial score (nSPS) is 21.7. The lowest BCUT2D eigenvalue weighted by Crippen LogP contribution is -2.48. The summed E-state index contributed by atoms with van der Waals surface area (Å²) in [4.78, 5) is 18.1. The Bertz CT molecular complexity index is 953. The van der Waals surface area contributed by atoms with Crippen LogP contribution in [0, 0.1) is 0 Å². The summed E-state index contributed by atoms with van der Waals surface area (Å²) in [6.45, 7) is 1.50. The van der Waals surface area contributed by atoms with E-state index >= 15 is 0 Å². The van der Waals surface area contributed by atoms with Gasteiger partial charge in [-0.2, -0.15) is 4.31 Å². The summed E-state index contributed by atoms with van der Waals surface area (Å²) in [6, 6.07) is 5.19. The van der Waals surface area contributed by atoms with Gasteiger partial charge in [-0.1, -0.05) is 23.7 Å². The van der Waals surface area contributed by atoms with Crippen molar-refractivity contribution < 1.29 is 13.2 Å². The second-order valence-electron chi connectivity index (χ2n) is 6.79. The van der Waals surface area contributed by atoms with Gasteiger partial charge in [0.1, 0.15) is 6.04 Å². The molecule has 0 aliphatic carbocycles. The maximum Gasteiger partial charge on any atom is 0.241 e. The summed E-state index contributed by atoms with van der Waals surface area (Å²) >= 11 is 6.26. The number of hydrogen-bond donors (Lipinski definition) is 1. The molecule has 4 rings (SSSR count). The van der Waals surface area contributed by atoms with Gasteiger partial charge in [-0.05, 0) is 18.9 Å². The number of nitrogens with zero attached hydrogens (tertiary/aromatic N) is 2. The molecule has 0 radical (unpaired) electrons. The van der Waals surface area contributed by atoms with Crippen molar-refractivity contribution in [3.8, 4) is 0 Å². The van der Waals surface area contributed by atoms with Crippen LogP contribution in [0.25, 0.3) is 10.9 Å². The third-order valence-corrected chi connectivity index (χ3v) is 6.79. The Kier molecular flexibility index (Phi) is 4.05. The molecule has 1 atom stereocenters. The fourth-order valence-electron chi connectivity index (χ4n) is 3.98. The number of aromatic nitrogens is 1. The summed E-state index contributed by atoms with van der Waals surface area (Å²) < 4.78 is 25.2. The highest BCUT2D eigenvalue weighted by molar-refractivity contribution is 7.88. The first-order chi connectivity index (χ1) is 11.9. The fraction of sp³-hybridized carbons (Fsp3) is 0.471. The van der Waals surface area contributed by atoms with E-state index < -0.39 is 16.1 Å². The molecule has 134 valence electrons. The Balaban J connectivity index is 1.63. The van der Waals surface area contributed by atoms with Crippen LogP contribution in [0.3, 0.4) is 0 Å². The first-order valence-electron chi connectivity index (χ1n) is 8.40. The second kappa shape index (κ2) is 6.00. The van der Waals surface area contributed by atoms with Crippen molar-refractivity contribution in [1.29, 1.82) is 0 Å². The molecule has 0 saturated carbocycles. The molecule has 1 unspecified atom stereocenters. The van der Waals surface area contributed by atoms with Gasteiger partial charge in [-0.25, -0.2) is 8.42 Å². The smallest absolute Gasteiger partial charge is 0.241 e. The molecule has 6 nitrogen and oxygen atoms in total. The van der Waals surface area contributed by atoms with Crippen molar-refractivity contribution >= 4 is 38.4 Å². The van der Waals surface area contributed by atoms with Gasteiger partial charge in [-0.3, -0.25) is 4.79 Å². The number of carbonyl (C=O) groups is 1. The number of halogens is 1. The highest BCUT2D eigenvalue weighted by Gasteiger charge is 2.39. The minimum atomic E-state index is -3.36. The molecule has 25 heavy (non-hydrogen) atoms. The molecule has 1 aromatic carbocycles. The summed E-state index contributed by atoms with van der Waals surface area (Å²) in [5.41, 5.74) is 3.10. The monoisotopic (exact) mass is 381 g/mol. The number of sulfonamides is 1. The van der Waals surface area contributed by atoms with E-state index in [1.807, 2.05) is 18.2 Å². The van der Waals surface area contributed by atoms with Crippen LogP contribution in [0.5, 0.6) is 0 Å². The lowest BCUT2D eigenvalue weighted by Gasteiger charge is -2.32. The van der Waals surface area contributed by atoms with E-state index in [1.54, 1.807) is 4.90 Å². The molecular weight excluding hydrogens is 362 g/mol. The maximum absolute atomic E-state index is 13.0. The second-order valence-corrected chi connectivity index (χ2v) is 9.13. The number of benzene rings is 1. The van der Waals surface area contributed by atoms with Crippen LogP contribution in [0.2, 0.25) is 5.02 Å². The van der Waals surface area contributed by atoms with Crippen molar-refractivity contribution in [2.45, 2.75) is 31.8 Å². The summed E-state index contributed by atoms with van der Waals surface area (Å²) in [6.07, 6.45) is 3.21. The topological polar surface area (TPSA) is 73.5 Å². The van der Waals surface area contributed by atoms with Crippen LogP contribution >= 0.6 is 11.6 Å². The van der Waals surface area contributed by atoms with Gasteiger partial charge < -0.3 is 9.88 Å². The number of carbonyl (C=O) groups excluding carboxylic acids is 1. The van der Waals surface area contributed by atoms with Gasteiger partial charge in [0.2, 0.25) is 15.9 Å². The van der Waals surface area contributed by atoms with E-state index in [-0.39, 0.29) is 5.91 Å². The van der Waals surface area contributed by atoms with Gasteiger partial charge in [0, 0.05) is 42.7 Å². The number of amides is 1. The number of nitrogens with one attached hydrogen (secondary N) is 1. The van der Waals surface area contributed by atoms with Crippen LogP contribution in [-0.4, -0.2) is 53.9 Å². The molecule has 1 fully saturated rings. The Morgan fingerprint density at radius 2 is 2.12 bits per heavy atom. The zero-order valence-corrected chi connectivity index (χ0v) is 15.5. The number of H-pyrrole nitrogens is 1. The van der Waals surface area contributed by atoms with E-state index in [0.29, 0.717) is 31.1 Å². The minimum absolute atomic E-state index is 0.0926. The largest absolute Gasteiger partial charge is 0.357 e. The zero-order valence-electron chi connectivity index (χ0n) is 14.0. The summed E-state index contributed by atoms with van der Waals surface area (Å²) in [5, 5.41) is 1.70.